The SMILES string of the molecule is COc1ccc(-c2nc3ccccc3o2)cc1NC(=S)NC(=O)c1cc(Br)ccc1Cl. The summed E-state index contributed by atoms with van der Waals surface area (Å²) in [5, 5.41) is 6.03. The fraction of sp³-hybridized carbons (Fsp3) is 0.0455. The number of rotatable bonds is 4. The first-order chi connectivity index (χ1) is 14.9. The summed E-state index contributed by atoms with van der Waals surface area (Å²) in [5.41, 5.74) is 3.02. The van der Waals surface area contributed by atoms with Gasteiger partial charge in [-0.05, 0) is 60.7 Å². The van der Waals surface area contributed by atoms with Gasteiger partial charge in [-0.1, -0.05) is 39.7 Å². The maximum atomic E-state index is 12.6. The van der Waals surface area contributed by atoms with Crippen LogP contribution in [-0.4, -0.2) is 23.1 Å². The summed E-state index contributed by atoms with van der Waals surface area (Å²) < 4.78 is 12.0. The fourth-order valence-corrected chi connectivity index (χ4v) is 3.70. The molecule has 6 nitrogen and oxygen atoms in total. The third-order valence-electron chi connectivity index (χ3n) is 4.39. The van der Waals surface area contributed by atoms with Gasteiger partial charge in [0.1, 0.15) is 11.3 Å². The molecule has 156 valence electrons. The number of aromatic nitrogens is 1. The molecule has 0 bridgehead atoms. The highest BCUT2D eigenvalue weighted by Gasteiger charge is 2.15. The van der Waals surface area contributed by atoms with Gasteiger partial charge in [0.15, 0.2) is 10.7 Å². The molecule has 0 aliphatic carbocycles. The Morgan fingerprint density at radius 1 is 1.16 bits per heavy atom. The van der Waals surface area contributed by atoms with E-state index in [1.165, 1.54) is 0 Å². The third kappa shape index (κ3) is 4.71. The Morgan fingerprint density at radius 3 is 2.74 bits per heavy atom. The van der Waals surface area contributed by atoms with Crippen LogP contribution in [-0.2, 0) is 0 Å². The molecule has 9 heteroatoms. The largest absolute Gasteiger partial charge is 0.495 e. The number of anilines is 1. The lowest BCUT2D eigenvalue weighted by Gasteiger charge is -2.14. The minimum absolute atomic E-state index is 0.0917. The van der Waals surface area contributed by atoms with Gasteiger partial charge >= 0.3 is 0 Å². The highest BCUT2D eigenvalue weighted by atomic mass is 79.9. The van der Waals surface area contributed by atoms with Gasteiger partial charge < -0.3 is 14.5 Å². The van der Waals surface area contributed by atoms with Crippen molar-refractivity contribution in [3.63, 3.8) is 0 Å². The summed E-state index contributed by atoms with van der Waals surface area (Å²) in [6.45, 7) is 0. The summed E-state index contributed by atoms with van der Waals surface area (Å²) in [5.74, 6) is 0.567. The maximum Gasteiger partial charge on any atom is 0.258 e. The van der Waals surface area contributed by atoms with Crippen LogP contribution >= 0.6 is 39.7 Å². The van der Waals surface area contributed by atoms with Crippen molar-refractivity contribution in [2.75, 3.05) is 12.4 Å². The first-order valence-corrected chi connectivity index (χ1v) is 10.6. The van der Waals surface area contributed by atoms with E-state index >= 15 is 0 Å². The molecule has 1 amide bonds. The molecule has 0 saturated carbocycles. The average molecular weight is 517 g/mol. The molecular formula is C22H15BrClN3O3S. The summed E-state index contributed by atoms with van der Waals surface area (Å²) in [7, 11) is 1.54. The monoisotopic (exact) mass is 515 g/mol. The smallest absolute Gasteiger partial charge is 0.258 e. The average Bonchev–Trinajstić information content (AvgIpc) is 3.19. The number of halogens is 2. The van der Waals surface area contributed by atoms with E-state index in [2.05, 4.69) is 31.5 Å². The van der Waals surface area contributed by atoms with Gasteiger partial charge in [-0.3, -0.25) is 10.1 Å². The van der Waals surface area contributed by atoms with Crippen molar-refractivity contribution in [2.45, 2.75) is 0 Å². The topological polar surface area (TPSA) is 76.4 Å². The number of nitrogens with one attached hydrogen (secondary N) is 2. The van der Waals surface area contributed by atoms with E-state index < -0.39 is 5.91 Å². The minimum Gasteiger partial charge on any atom is -0.495 e. The van der Waals surface area contributed by atoms with Crippen LogP contribution in [0.2, 0.25) is 5.02 Å². The lowest BCUT2D eigenvalue weighted by molar-refractivity contribution is 0.0978. The third-order valence-corrected chi connectivity index (χ3v) is 5.42. The van der Waals surface area contributed by atoms with Crippen molar-refractivity contribution in [2.24, 2.45) is 0 Å². The number of carbonyl (C=O) groups excluding carboxylic acids is 1. The Kier molecular flexibility index (Phi) is 6.22. The molecule has 3 aromatic carbocycles. The number of amides is 1. The molecule has 0 radical (unpaired) electrons. The second-order valence-corrected chi connectivity index (χ2v) is 8.17. The van der Waals surface area contributed by atoms with Crippen LogP contribution in [0.15, 0.2) is 69.6 Å². The van der Waals surface area contributed by atoms with Gasteiger partial charge in [-0.15, -0.1) is 0 Å². The van der Waals surface area contributed by atoms with E-state index in [9.17, 15) is 4.79 Å². The van der Waals surface area contributed by atoms with Gasteiger partial charge in [0.25, 0.3) is 5.91 Å². The zero-order valence-electron chi connectivity index (χ0n) is 16.1. The number of fused-ring (bicyclic) bond motifs is 1. The molecule has 0 saturated heterocycles. The van der Waals surface area contributed by atoms with Crippen molar-refractivity contribution in [1.29, 1.82) is 0 Å². The number of carbonyl (C=O) groups is 1. The van der Waals surface area contributed by atoms with Crippen molar-refractivity contribution < 1.29 is 13.9 Å². The molecule has 0 atom stereocenters. The Hall–Kier alpha value is -2.94. The minimum atomic E-state index is -0.433. The zero-order chi connectivity index (χ0) is 22.0. The number of methoxy groups -OCH3 is 1. The standard InChI is InChI=1S/C22H15BrClN3O3S/c1-29-18-9-6-12(21-25-16-4-2-3-5-19(16)30-21)10-17(18)26-22(31)27-20(28)14-11-13(23)7-8-15(14)24/h2-11H,1H3,(H2,26,27,28,31). The van der Waals surface area contributed by atoms with Crippen LogP contribution < -0.4 is 15.4 Å². The number of para-hydroxylation sites is 2. The molecule has 2 N–H and O–H groups in total. The van der Waals surface area contributed by atoms with Crippen LogP contribution in [0.4, 0.5) is 5.69 Å². The molecule has 0 aliphatic rings. The van der Waals surface area contributed by atoms with E-state index in [1.54, 1.807) is 37.4 Å². The lowest BCUT2D eigenvalue weighted by atomic mass is 10.2. The van der Waals surface area contributed by atoms with Crippen molar-refractivity contribution >= 4 is 67.6 Å². The van der Waals surface area contributed by atoms with E-state index in [4.69, 9.17) is 33.0 Å². The number of benzene rings is 3. The molecule has 31 heavy (non-hydrogen) atoms. The molecule has 4 aromatic rings. The van der Waals surface area contributed by atoms with Gasteiger partial charge in [0.2, 0.25) is 5.89 Å². The zero-order valence-corrected chi connectivity index (χ0v) is 19.3. The van der Waals surface area contributed by atoms with Gasteiger partial charge in [-0.2, -0.15) is 0 Å². The quantitative estimate of drug-likeness (QED) is 0.322. The van der Waals surface area contributed by atoms with Crippen LogP contribution in [0.5, 0.6) is 5.75 Å². The van der Waals surface area contributed by atoms with E-state index in [0.717, 1.165) is 15.6 Å². The Morgan fingerprint density at radius 2 is 1.97 bits per heavy atom. The van der Waals surface area contributed by atoms with Gasteiger partial charge in [-0.25, -0.2) is 4.98 Å². The molecule has 1 aromatic heterocycles. The summed E-state index contributed by atoms with van der Waals surface area (Å²) >= 11 is 14.8. The van der Waals surface area contributed by atoms with E-state index in [-0.39, 0.29) is 5.11 Å². The van der Waals surface area contributed by atoms with E-state index in [0.29, 0.717) is 33.5 Å². The predicted octanol–water partition coefficient (Wildman–Crippen LogP) is 6.05. The molecule has 0 fully saturated rings. The van der Waals surface area contributed by atoms with Crippen LogP contribution in [0, 0.1) is 0 Å². The first kappa shape index (κ1) is 21.3. The number of thiocarbonyl (C=S) groups is 1. The second-order valence-electron chi connectivity index (χ2n) is 6.43. The van der Waals surface area contributed by atoms with Gasteiger partial charge in [0, 0.05) is 10.0 Å². The van der Waals surface area contributed by atoms with Gasteiger partial charge in [0.05, 0.1) is 23.4 Å². The Labute approximate surface area is 196 Å². The van der Waals surface area contributed by atoms with Crippen molar-refractivity contribution in [3.8, 4) is 17.2 Å². The maximum absolute atomic E-state index is 12.6. The summed E-state index contributed by atoms with van der Waals surface area (Å²) in [6, 6.07) is 17.9. The molecule has 0 unspecified atom stereocenters. The summed E-state index contributed by atoms with van der Waals surface area (Å²) in [4.78, 5) is 17.1. The number of oxazole rings is 1. The second kappa shape index (κ2) is 9.05. The fourth-order valence-electron chi connectivity index (χ4n) is 2.93. The van der Waals surface area contributed by atoms with E-state index in [1.807, 2.05) is 30.3 Å². The predicted molar refractivity (Wildman–Crippen MR) is 129 cm³/mol. The Balaban J connectivity index is 1.57. The molecule has 0 aliphatic heterocycles. The highest BCUT2D eigenvalue weighted by molar-refractivity contribution is 9.10. The summed E-state index contributed by atoms with van der Waals surface area (Å²) in [6.07, 6.45) is 0. The molecular weight excluding hydrogens is 502 g/mol. The first-order valence-electron chi connectivity index (χ1n) is 9.06. The van der Waals surface area contributed by atoms with Crippen molar-refractivity contribution in [3.05, 3.63) is 75.7 Å². The number of nitrogens with zero attached hydrogens (tertiary/aromatic N) is 1. The lowest BCUT2D eigenvalue weighted by Crippen LogP contribution is -2.34. The molecule has 4 rings (SSSR count). The number of hydrogen-bond acceptors (Lipinski definition) is 5. The van der Waals surface area contributed by atoms with Crippen molar-refractivity contribution in [1.82, 2.24) is 10.3 Å². The highest BCUT2D eigenvalue weighted by Crippen LogP contribution is 2.32. The Bertz CT molecular complexity index is 1280. The van der Waals surface area contributed by atoms with Crippen LogP contribution in [0.1, 0.15) is 10.4 Å². The number of hydrogen-bond donors (Lipinski definition) is 2. The normalized spacial score (nSPS) is 10.7. The molecule has 0 spiro atoms. The van der Waals surface area contributed by atoms with Crippen LogP contribution in [0.3, 0.4) is 0 Å². The van der Waals surface area contributed by atoms with Crippen LogP contribution in [0.25, 0.3) is 22.6 Å². The molecule has 1 heterocycles. The number of ether oxygens (including phenoxy) is 1.